The largest absolute Gasteiger partial charge is 0.374 e. The summed E-state index contributed by atoms with van der Waals surface area (Å²) >= 11 is 0. The Morgan fingerprint density at radius 2 is 1.94 bits per heavy atom. The first-order valence-electron chi connectivity index (χ1n) is 6.49. The molecule has 0 aromatic carbocycles. The van der Waals surface area contributed by atoms with Crippen LogP contribution in [0.4, 0.5) is 0 Å². The van der Waals surface area contributed by atoms with Crippen molar-refractivity contribution in [3.05, 3.63) is 0 Å². The Bertz CT molecular complexity index is 270. The highest BCUT2D eigenvalue weighted by Gasteiger charge is 2.42. The molecule has 4 nitrogen and oxygen atoms in total. The van der Waals surface area contributed by atoms with Crippen molar-refractivity contribution in [1.82, 2.24) is 4.90 Å². The van der Waals surface area contributed by atoms with Gasteiger partial charge in [0, 0.05) is 13.6 Å². The predicted molar refractivity (Wildman–Crippen MR) is 68.5 cm³/mol. The molecule has 17 heavy (non-hydrogen) atoms. The second kappa shape index (κ2) is 5.83. The van der Waals surface area contributed by atoms with Crippen LogP contribution in [0.15, 0.2) is 0 Å². The van der Waals surface area contributed by atoms with Crippen LogP contribution in [0.5, 0.6) is 0 Å². The Labute approximate surface area is 104 Å². The number of nitrogens with zero attached hydrogens (tertiary/aromatic N) is 1. The van der Waals surface area contributed by atoms with Gasteiger partial charge < -0.3 is 15.4 Å². The summed E-state index contributed by atoms with van der Waals surface area (Å²) in [6.07, 6.45) is 0.183. The van der Waals surface area contributed by atoms with Crippen molar-refractivity contribution in [1.29, 1.82) is 0 Å². The third kappa shape index (κ3) is 3.19. The van der Waals surface area contributed by atoms with Gasteiger partial charge in [0.25, 0.3) is 0 Å². The van der Waals surface area contributed by atoms with Gasteiger partial charge >= 0.3 is 0 Å². The smallest absolute Gasteiger partial charge is 0.228 e. The Hall–Kier alpha value is -0.610. The van der Waals surface area contributed by atoms with Crippen LogP contribution in [-0.2, 0) is 9.53 Å². The summed E-state index contributed by atoms with van der Waals surface area (Å²) in [6, 6.07) is 0. The summed E-state index contributed by atoms with van der Waals surface area (Å²) in [5.41, 5.74) is 5.59. The van der Waals surface area contributed by atoms with Gasteiger partial charge in [0.2, 0.25) is 5.91 Å². The Kier molecular flexibility index (Phi) is 4.95. The van der Waals surface area contributed by atoms with Crippen molar-refractivity contribution in [3.8, 4) is 0 Å². The van der Waals surface area contributed by atoms with E-state index in [0.717, 1.165) is 6.54 Å². The molecule has 0 saturated carbocycles. The van der Waals surface area contributed by atoms with Crippen molar-refractivity contribution < 1.29 is 9.53 Å². The maximum atomic E-state index is 12.4. The SMILES string of the molecule is CC(CN)CN(C)C(=O)C1C(C)OC(C)C1C. The third-order valence-corrected chi connectivity index (χ3v) is 3.89. The zero-order valence-corrected chi connectivity index (χ0v) is 11.6. The van der Waals surface area contributed by atoms with Gasteiger partial charge in [-0.3, -0.25) is 4.79 Å². The van der Waals surface area contributed by atoms with Gasteiger partial charge in [-0.2, -0.15) is 0 Å². The van der Waals surface area contributed by atoms with Crippen molar-refractivity contribution in [2.75, 3.05) is 20.1 Å². The number of amides is 1. The van der Waals surface area contributed by atoms with E-state index in [1.807, 2.05) is 20.9 Å². The van der Waals surface area contributed by atoms with Crippen molar-refractivity contribution in [3.63, 3.8) is 0 Å². The lowest BCUT2D eigenvalue weighted by Crippen LogP contribution is -2.41. The van der Waals surface area contributed by atoms with E-state index < -0.39 is 0 Å². The van der Waals surface area contributed by atoms with E-state index in [1.54, 1.807) is 4.90 Å². The van der Waals surface area contributed by atoms with Crippen LogP contribution >= 0.6 is 0 Å². The molecular formula is C13H26N2O2. The number of rotatable bonds is 4. The molecule has 0 aromatic heterocycles. The van der Waals surface area contributed by atoms with Crippen molar-refractivity contribution in [2.24, 2.45) is 23.5 Å². The molecule has 0 spiro atoms. The zero-order chi connectivity index (χ0) is 13.2. The maximum absolute atomic E-state index is 12.4. The molecule has 4 heteroatoms. The van der Waals surface area contributed by atoms with E-state index in [9.17, 15) is 4.79 Å². The molecule has 100 valence electrons. The van der Waals surface area contributed by atoms with E-state index in [4.69, 9.17) is 10.5 Å². The first-order chi connectivity index (χ1) is 7.88. The minimum absolute atomic E-state index is 0.0139. The molecule has 0 radical (unpaired) electrons. The van der Waals surface area contributed by atoms with Gasteiger partial charge in [0.15, 0.2) is 0 Å². The first-order valence-corrected chi connectivity index (χ1v) is 6.49. The number of carbonyl (C=O) groups excluding carboxylic acids is 1. The average Bonchev–Trinajstić information content (AvgIpc) is 2.52. The number of carbonyl (C=O) groups is 1. The first kappa shape index (κ1) is 14.5. The van der Waals surface area contributed by atoms with Crippen molar-refractivity contribution >= 4 is 5.91 Å². The molecule has 1 fully saturated rings. The summed E-state index contributed by atoms with van der Waals surface area (Å²) in [5, 5.41) is 0. The van der Waals surface area contributed by atoms with E-state index in [0.29, 0.717) is 12.5 Å². The lowest BCUT2D eigenvalue weighted by atomic mass is 9.88. The number of nitrogens with two attached hydrogens (primary N) is 1. The van der Waals surface area contributed by atoms with Crippen LogP contribution in [0.1, 0.15) is 27.7 Å². The van der Waals surface area contributed by atoms with Crippen molar-refractivity contribution in [2.45, 2.75) is 39.9 Å². The molecule has 1 heterocycles. The minimum atomic E-state index is -0.0139. The predicted octanol–water partition coefficient (Wildman–Crippen LogP) is 1.10. The zero-order valence-electron chi connectivity index (χ0n) is 11.6. The molecule has 0 bridgehead atoms. The molecule has 0 aromatic rings. The lowest BCUT2D eigenvalue weighted by molar-refractivity contribution is -0.137. The summed E-state index contributed by atoms with van der Waals surface area (Å²) in [4.78, 5) is 14.2. The van der Waals surface area contributed by atoms with E-state index in [2.05, 4.69) is 13.8 Å². The summed E-state index contributed by atoms with van der Waals surface area (Å²) in [7, 11) is 1.86. The molecule has 2 N–H and O–H groups in total. The number of hydrogen-bond donors (Lipinski definition) is 1. The summed E-state index contributed by atoms with van der Waals surface area (Å²) in [6.45, 7) is 9.51. The highest BCUT2D eigenvalue weighted by atomic mass is 16.5. The van der Waals surface area contributed by atoms with E-state index in [-0.39, 0.29) is 30.0 Å². The Balaban J connectivity index is 2.63. The van der Waals surface area contributed by atoms with Gasteiger partial charge in [-0.05, 0) is 32.2 Å². The number of hydrogen-bond acceptors (Lipinski definition) is 3. The van der Waals surface area contributed by atoms with E-state index >= 15 is 0 Å². The van der Waals surface area contributed by atoms with Crippen LogP contribution in [0.25, 0.3) is 0 Å². The van der Waals surface area contributed by atoms with Crippen LogP contribution in [0.3, 0.4) is 0 Å². The molecule has 1 saturated heterocycles. The molecular weight excluding hydrogens is 216 g/mol. The molecule has 5 unspecified atom stereocenters. The molecule has 1 rings (SSSR count). The molecule has 0 aliphatic carbocycles. The van der Waals surface area contributed by atoms with Crippen LogP contribution in [0, 0.1) is 17.8 Å². The topological polar surface area (TPSA) is 55.6 Å². The van der Waals surface area contributed by atoms with Gasteiger partial charge in [-0.15, -0.1) is 0 Å². The summed E-state index contributed by atoms with van der Waals surface area (Å²) in [5.74, 6) is 0.803. The highest BCUT2D eigenvalue weighted by Crippen LogP contribution is 2.33. The quantitative estimate of drug-likeness (QED) is 0.803. The fourth-order valence-corrected chi connectivity index (χ4v) is 2.58. The number of ether oxygens (including phenoxy) is 1. The van der Waals surface area contributed by atoms with Crippen LogP contribution < -0.4 is 5.73 Å². The average molecular weight is 242 g/mol. The molecule has 1 amide bonds. The fraction of sp³-hybridized carbons (Fsp3) is 0.923. The highest BCUT2D eigenvalue weighted by molar-refractivity contribution is 5.79. The van der Waals surface area contributed by atoms with Gasteiger partial charge in [-0.25, -0.2) is 0 Å². The van der Waals surface area contributed by atoms with Gasteiger partial charge in [0.05, 0.1) is 18.1 Å². The van der Waals surface area contributed by atoms with Crippen LogP contribution in [0.2, 0.25) is 0 Å². The normalized spacial score (nSPS) is 34.7. The fourth-order valence-electron chi connectivity index (χ4n) is 2.58. The lowest BCUT2D eigenvalue weighted by Gasteiger charge is -2.27. The molecule has 1 aliphatic heterocycles. The third-order valence-electron chi connectivity index (χ3n) is 3.89. The Morgan fingerprint density at radius 3 is 2.35 bits per heavy atom. The Morgan fingerprint density at radius 1 is 1.35 bits per heavy atom. The van der Waals surface area contributed by atoms with Gasteiger partial charge in [-0.1, -0.05) is 13.8 Å². The second-order valence-electron chi connectivity index (χ2n) is 5.49. The second-order valence-corrected chi connectivity index (χ2v) is 5.49. The van der Waals surface area contributed by atoms with E-state index in [1.165, 1.54) is 0 Å². The maximum Gasteiger partial charge on any atom is 0.228 e. The van der Waals surface area contributed by atoms with Gasteiger partial charge in [0.1, 0.15) is 0 Å². The standard InChI is InChI=1S/C13H26N2O2/c1-8(6-14)7-15(5)13(16)12-9(2)10(3)17-11(12)4/h8-12H,6-7,14H2,1-5H3. The van der Waals surface area contributed by atoms with Crippen LogP contribution in [-0.4, -0.2) is 43.2 Å². The monoisotopic (exact) mass is 242 g/mol. The summed E-state index contributed by atoms with van der Waals surface area (Å²) < 4.78 is 5.72. The minimum Gasteiger partial charge on any atom is -0.374 e. The molecule has 1 aliphatic rings. The molecule has 5 atom stereocenters.